The molecule has 0 bridgehead atoms. The van der Waals surface area contributed by atoms with Gasteiger partial charge in [0.1, 0.15) is 0 Å². The van der Waals surface area contributed by atoms with Gasteiger partial charge in [-0.2, -0.15) is 0 Å². The molecule has 1 aliphatic heterocycles. The van der Waals surface area contributed by atoms with Crippen molar-refractivity contribution in [3.05, 3.63) is 12.3 Å². The van der Waals surface area contributed by atoms with Crippen LogP contribution in [0.1, 0.15) is 6.42 Å². The average Bonchev–Trinajstić information content (AvgIpc) is 1.88. The Morgan fingerprint density at radius 2 is 2.60 bits per heavy atom. The zero-order chi connectivity index (χ0) is 7.40. The van der Waals surface area contributed by atoms with Crippen molar-refractivity contribution >= 4 is 0 Å². The summed E-state index contributed by atoms with van der Waals surface area (Å²) in [5.74, 6) is 0. The second-order valence-corrected chi connectivity index (χ2v) is 2.50. The van der Waals surface area contributed by atoms with E-state index in [0.29, 0.717) is 12.3 Å². The molecule has 0 saturated carbocycles. The minimum Gasteiger partial charge on any atom is -0.402 e. The monoisotopic (exact) mass is 141 g/mol. The molecule has 1 rings (SSSR count). The molecule has 2 N–H and O–H groups in total. The van der Waals surface area contributed by atoms with Gasteiger partial charge in [-0.25, -0.2) is 5.32 Å². The van der Waals surface area contributed by atoms with Crippen molar-refractivity contribution in [2.45, 2.75) is 12.5 Å². The van der Waals surface area contributed by atoms with Crippen LogP contribution in [0, 0.1) is 0 Å². The van der Waals surface area contributed by atoms with Crippen molar-refractivity contribution in [1.82, 2.24) is 5.32 Å². The van der Waals surface area contributed by atoms with E-state index in [-0.39, 0.29) is 6.04 Å². The predicted octanol–water partition coefficient (Wildman–Crippen LogP) is -0.148. The molecule has 0 aromatic rings. The van der Waals surface area contributed by atoms with Crippen LogP contribution in [0.15, 0.2) is 12.3 Å². The molecule has 1 fully saturated rings. The first-order valence-electron chi connectivity index (χ1n) is 3.46. The van der Waals surface area contributed by atoms with E-state index in [1.54, 1.807) is 0 Å². The number of nitrogens with two attached hydrogens (primary N) is 1. The molecule has 1 aliphatic rings. The standard InChI is InChI=1S/C7H13N2O/c1-6(8)4-7-5-10-3-2-9-7/h7H,1-5,8H2. The predicted molar refractivity (Wildman–Crippen MR) is 39.6 cm³/mol. The van der Waals surface area contributed by atoms with Crippen molar-refractivity contribution in [2.75, 3.05) is 19.8 Å². The van der Waals surface area contributed by atoms with Crippen LogP contribution in [0.4, 0.5) is 0 Å². The van der Waals surface area contributed by atoms with Crippen LogP contribution in [0.5, 0.6) is 0 Å². The summed E-state index contributed by atoms with van der Waals surface area (Å²) in [5.41, 5.74) is 6.11. The molecule has 0 amide bonds. The Morgan fingerprint density at radius 1 is 1.80 bits per heavy atom. The van der Waals surface area contributed by atoms with Crippen LogP contribution < -0.4 is 11.1 Å². The van der Waals surface area contributed by atoms with E-state index < -0.39 is 0 Å². The van der Waals surface area contributed by atoms with Gasteiger partial charge in [0.25, 0.3) is 0 Å². The molecular formula is C7H13N2O. The normalized spacial score (nSPS) is 26.2. The Balaban J connectivity index is 2.19. The van der Waals surface area contributed by atoms with Crippen molar-refractivity contribution in [3.8, 4) is 0 Å². The first kappa shape index (κ1) is 7.57. The van der Waals surface area contributed by atoms with Crippen molar-refractivity contribution in [2.24, 2.45) is 5.73 Å². The Labute approximate surface area is 61.2 Å². The summed E-state index contributed by atoms with van der Waals surface area (Å²) in [4.78, 5) is 0. The number of ether oxygens (including phenoxy) is 1. The number of hydrogen-bond donors (Lipinski definition) is 1. The maximum atomic E-state index is 5.41. The van der Waals surface area contributed by atoms with Crippen LogP contribution in [0.2, 0.25) is 0 Å². The highest BCUT2D eigenvalue weighted by molar-refractivity contribution is 4.91. The minimum absolute atomic E-state index is 0.256. The van der Waals surface area contributed by atoms with Crippen molar-refractivity contribution in [1.29, 1.82) is 0 Å². The zero-order valence-electron chi connectivity index (χ0n) is 6.05. The van der Waals surface area contributed by atoms with E-state index in [1.165, 1.54) is 0 Å². The molecule has 1 saturated heterocycles. The fraction of sp³-hybridized carbons (Fsp3) is 0.714. The summed E-state index contributed by atoms with van der Waals surface area (Å²) in [6, 6.07) is 0.256. The maximum absolute atomic E-state index is 5.41. The van der Waals surface area contributed by atoms with Gasteiger partial charge in [0.2, 0.25) is 0 Å². The highest BCUT2D eigenvalue weighted by Crippen LogP contribution is 2.02. The SMILES string of the molecule is C=C(N)CC1COCC[N]1. The largest absolute Gasteiger partial charge is 0.402 e. The van der Waals surface area contributed by atoms with E-state index in [0.717, 1.165) is 19.6 Å². The van der Waals surface area contributed by atoms with E-state index in [2.05, 4.69) is 11.9 Å². The van der Waals surface area contributed by atoms with Crippen LogP contribution >= 0.6 is 0 Å². The molecule has 57 valence electrons. The van der Waals surface area contributed by atoms with E-state index >= 15 is 0 Å². The summed E-state index contributed by atoms with van der Waals surface area (Å²) < 4.78 is 5.19. The molecule has 1 unspecified atom stereocenters. The lowest BCUT2D eigenvalue weighted by molar-refractivity contribution is 0.0746. The lowest BCUT2D eigenvalue weighted by atomic mass is 10.2. The van der Waals surface area contributed by atoms with Crippen molar-refractivity contribution < 1.29 is 4.74 Å². The smallest absolute Gasteiger partial charge is 0.0640 e. The van der Waals surface area contributed by atoms with Gasteiger partial charge in [0, 0.05) is 18.7 Å². The number of morpholine rings is 1. The average molecular weight is 141 g/mol. The Bertz CT molecular complexity index is 119. The fourth-order valence-electron chi connectivity index (χ4n) is 0.998. The summed E-state index contributed by atoms with van der Waals surface area (Å²) in [6.07, 6.45) is 0.764. The zero-order valence-corrected chi connectivity index (χ0v) is 6.05. The molecule has 1 heterocycles. The fourth-order valence-corrected chi connectivity index (χ4v) is 0.998. The lowest BCUT2D eigenvalue weighted by Crippen LogP contribution is -2.36. The number of rotatable bonds is 2. The Morgan fingerprint density at radius 3 is 3.10 bits per heavy atom. The second kappa shape index (κ2) is 3.58. The molecule has 1 radical (unpaired) electrons. The molecule has 0 aromatic carbocycles. The quantitative estimate of drug-likeness (QED) is 0.581. The number of nitrogens with zero attached hydrogens (tertiary/aromatic N) is 1. The van der Waals surface area contributed by atoms with Crippen LogP contribution in [-0.2, 0) is 4.74 Å². The van der Waals surface area contributed by atoms with Gasteiger partial charge >= 0.3 is 0 Å². The van der Waals surface area contributed by atoms with Gasteiger partial charge in [-0.15, -0.1) is 0 Å². The van der Waals surface area contributed by atoms with Crippen molar-refractivity contribution in [3.63, 3.8) is 0 Å². The third-order valence-corrected chi connectivity index (χ3v) is 1.43. The highest BCUT2D eigenvalue weighted by atomic mass is 16.5. The van der Waals surface area contributed by atoms with E-state index in [4.69, 9.17) is 10.5 Å². The van der Waals surface area contributed by atoms with Crippen LogP contribution in [-0.4, -0.2) is 25.8 Å². The molecule has 0 spiro atoms. The lowest BCUT2D eigenvalue weighted by Gasteiger charge is -2.21. The molecule has 10 heavy (non-hydrogen) atoms. The van der Waals surface area contributed by atoms with E-state index in [9.17, 15) is 0 Å². The Kier molecular flexibility index (Phi) is 2.71. The topological polar surface area (TPSA) is 49.4 Å². The third-order valence-electron chi connectivity index (χ3n) is 1.43. The summed E-state index contributed by atoms with van der Waals surface area (Å²) in [5, 5.41) is 4.30. The van der Waals surface area contributed by atoms with Gasteiger partial charge in [0.15, 0.2) is 0 Å². The first-order chi connectivity index (χ1) is 4.79. The minimum atomic E-state index is 0.256. The van der Waals surface area contributed by atoms with E-state index in [1.807, 2.05) is 0 Å². The highest BCUT2D eigenvalue weighted by Gasteiger charge is 2.13. The molecule has 1 atom stereocenters. The van der Waals surface area contributed by atoms with Gasteiger partial charge < -0.3 is 10.5 Å². The summed E-state index contributed by atoms with van der Waals surface area (Å²) >= 11 is 0. The molecule has 3 heteroatoms. The molecule has 0 aliphatic carbocycles. The van der Waals surface area contributed by atoms with Gasteiger partial charge in [-0.1, -0.05) is 6.58 Å². The third kappa shape index (κ3) is 2.37. The van der Waals surface area contributed by atoms with Gasteiger partial charge in [-0.3, -0.25) is 0 Å². The molecular weight excluding hydrogens is 128 g/mol. The Hall–Kier alpha value is -0.540. The van der Waals surface area contributed by atoms with Crippen LogP contribution in [0.3, 0.4) is 0 Å². The summed E-state index contributed by atoms with van der Waals surface area (Å²) in [7, 11) is 0. The second-order valence-electron chi connectivity index (χ2n) is 2.50. The number of hydrogen-bond acceptors (Lipinski definition) is 2. The van der Waals surface area contributed by atoms with Gasteiger partial charge in [0.05, 0.1) is 19.3 Å². The summed E-state index contributed by atoms with van der Waals surface area (Å²) in [6.45, 7) is 5.88. The molecule has 3 nitrogen and oxygen atoms in total. The maximum Gasteiger partial charge on any atom is 0.0640 e. The first-order valence-corrected chi connectivity index (χ1v) is 3.46. The molecule has 0 aromatic heterocycles. The van der Waals surface area contributed by atoms with Gasteiger partial charge in [-0.05, 0) is 0 Å². The van der Waals surface area contributed by atoms with Crippen LogP contribution in [0.25, 0.3) is 0 Å².